The number of fused-ring (bicyclic) bond motifs is 1. The van der Waals surface area contributed by atoms with Gasteiger partial charge >= 0.3 is 5.97 Å². The van der Waals surface area contributed by atoms with Crippen molar-refractivity contribution in [2.75, 3.05) is 26.4 Å². The van der Waals surface area contributed by atoms with E-state index in [1.54, 1.807) is 25.3 Å². The van der Waals surface area contributed by atoms with Crippen molar-refractivity contribution in [1.82, 2.24) is 9.66 Å². The van der Waals surface area contributed by atoms with E-state index in [4.69, 9.17) is 23.9 Å². The van der Waals surface area contributed by atoms with Gasteiger partial charge in [0.25, 0.3) is 5.56 Å². The summed E-state index contributed by atoms with van der Waals surface area (Å²) in [6.07, 6.45) is 1.59. The zero-order valence-electron chi connectivity index (χ0n) is 25.3. The van der Waals surface area contributed by atoms with Crippen molar-refractivity contribution in [3.05, 3.63) is 79.1 Å². The number of carbonyl (C=O) groups excluding carboxylic acids is 1. The molecule has 9 nitrogen and oxygen atoms in total. The van der Waals surface area contributed by atoms with E-state index in [0.717, 1.165) is 22.4 Å². The summed E-state index contributed by atoms with van der Waals surface area (Å²) >= 11 is 2.12. The molecule has 0 saturated heterocycles. The molecular weight excluding hydrogens is 661 g/mol. The minimum Gasteiger partial charge on any atom is -0.494 e. The molecule has 0 saturated carbocycles. The lowest BCUT2D eigenvalue weighted by Crippen LogP contribution is -2.21. The molecule has 0 bridgehead atoms. The van der Waals surface area contributed by atoms with E-state index in [1.165, 1.54) is 4.68 Å². The topological polar surface area (TPSA) is 101 Å². The summed E-state index contributed by atoms with van der Waals surface area (Å²) < 4.78 is 24.5. The van der Waals surface area contributed by atoms with Gasteiger partial charge in [0.1, 0.15) is 5.75 Å². The maximum Gasteiger partial charge on any atom is 0.344 e. The Morgan fingerprint density at radius 2 is 1.72 bits per heavy atom. The van der Waals surface area contributed by atoms with Crippen molar-refractivity contribution in [2.45, 2.75) is 47.5 Å². The van der Waals surface area contributed by atoms with E-state index in [1.807, 2.05) is 57.2 Å². The first-order valence-electron chi connectivity index (χ1n) is 14.3. The van der Waals surface area contributed by atoms with Crippen molar-refractivity contribution in [1.29, 1.82) is 0 Å². The Bertz CT molecular complexity index is 1710. The Kier molecular flexibility index (Phi) is 10.8. The second kappa shape index (κ2) is 14.5. The molecule has 1 heterocycles. The SMILES string of the molecule is CCOC(=O)COc1c(I)cc(C=Nn2c(-c3cc(C(C)C)c(OCC)cc3C)nc3ccccc3c2=O)cc1OCC. The fourth-order valence-corrected chi connectivity index (χ4v) is 5.38. The second-order valence-corrected chi connectivity index (χ2v) is 11.1. The van der Waals surface area contributed by atoms with Gasteiger partial charge in [-0.1, -0.05) is 26.0 Å². The molecule has 0 fully saturated rings. The second-order valence-electron chi connectivity index (χ2n) is 9.96. The molecule has 0 amide bonds. The van der Waals surface area contributed by atoms with Crippen LogP contribution < -0.4 is 19.8 Å². The lowest BCUT2D eigenvalue weighted by Gasteiger charge is -2.18. The number of hydrogen-bond acceptors (Lipinski definition) is 8. The van der Waals surface area contributed by atoms with Crippen LogP contribution in [0.2, 0.25) is 0 Å². The molecule has 0 N–H and O–H groups in total. The quantitative estimate of drug-likeness (QED) is 0.0921. The molecule has 0 radical (unpaired) electrons. The van der Waals surface area contributed by atoms with Crippen LogP contribution in [0.3, 0.4) is 0 Å². The largest absolute Gasteiger partial charge is 0.494 e. The van der Waals surface area contributed by atoms with Gasteiger partial charge < -0.3 is 18.9 Å². The first-order valence-corrected chi connectivity index (χ1v) is 15.3. The van der Waals surface area contributed by atoms with Crippen LogP contribution in [0.1, 0.15) is 57.2 Å². The van der Waals surface area contributed by atoms with E-state index in [2.05, 4.69) is 41.5 Å². The molecule has 0 unspecified atom stereocenters. The predicted octanol–water partition coefficient (Wildman–Crippen LogP) is 6.72. The highest BCUT2D eigenvalue weighted by Crippen LogP contribution is 2.35. The van der Waals surface area contributed by atoms with Crippen LogP contribution in [0.5, 0.6) is 17.2 Å². The summed E-state index contributed by atoms with van der Waals surface area (Å²) in [5.41, 5.74) is 3.70. The number of carbonyl (C=O) groups is 1. The van der Waals surface area contributed by atoms with Crippen LogP contribution in [-0.2, 0) is 9.53 Å². The minimum absolute atomic E-state index is 0.189. The average molecular weight is 698 g/mol. The molecule has 3 aromatic carbocycles. The number of para-hydroxylation sites is 1. The molecule has 226 valence electrons. The Morgan fingerprint density at radius 1 is 1.00 bits per heavy atom. The Balaban J connectivity index is 1.85. The molecule has 4 aromatic rings. The molecule has 0 aliphatic carbocycles. The number of aromatic nitrogens is 2. The van der Waals surface area contributed by atoms with Crippen molar-refractivity contribution in [3.63, 3.8) is 0 Å². The molecule has 4 rings (SSSR count). The maximum absolute atomic E-state index is 13.8. The number of halogens is 1. The zero-order chi connectivity index (χ0) is 31.1. The third kappa shape index (κ3) is 7.35. The Morgan fingerprint density at radius 3 is 2.42 bits per heavy atom. The summed E-state index contributed by atoms with van der Waals surface area (Å²) in [7, 11) is 0. The van der Waals surface area contributed by atoms with Gasteiger partial charge in [-0.2, -0.15) is 9.78 Å². The summed E-state index contributed by atoms with van der Waals surface area (Å²) in [4.78, 5) is 30.6. The standard InChI is InChI=1S/C33H36IN3O6/c1-7-40-28-14-21(6)25(17-24(28)20(4)5)32-36-27-13-11-10-12-23(27)33(39)37(32)35-18-22-15-26(34)31(29(16-22)41-8-2)43-19-30(38)42-9-3/h10-18,20H,7-9,19H2,1-6H3. The normalized spacial score (nSPS) is 11.3. The number of nitrogens with zero attached hydrogens (tertiary/aromatic N) is 3. The van der Waals surface area contributed by atoms with E-state index in [-0.39, 0.29) is 24.7 Å². The van der Waals surface area contributed by atoms with Crippen LogP contribution >= 0.6 is 22.6 Å². The van der Waals surface area contributed by atoms with Crippen molar-refractivity contribution in [3.8, 4) is 28.6 Å². The highest BCUT2D eigenvalue weighted by atomic mass is 127. The zero-order valence-corrected chi connectivity index (χ0v) is 27.4. The predicted molar refractivity (Wildman–Crippen MR) is 177 cm³/mol. The monoisotopic (exact) mass is 697 g/mol. The lowest BCUT2D eigenvalue weighted by molar-refractivity contribution is -0.145. The number of rotatable bonds is 12. The highest BCUT2D eigenvalue weighted by molar-refractivity contribution is 14.1. The molecule has 0 atom stereocenters. The fourth-order valence-electron chi connectivity index (χ4n) is 4.60. The van der Waals surface area contributed by atoms with Gasteiger partial charge in [0.05, 0.1) is 40.5 Å². The molecule has 0 aliphatic rings. The molecule has 0 spiro atoms. The van der Waals surface area contributed by atoms with Gasteiger partial charge in [-0.3, -0.25) is 4.79 Å². The number of hydrogen-bond donors (Lipinski definition) is 0. The van der Waals surface area contributed by atoms with Crippen molar-refractivity contribution >= 4 is 45.7 Å². The number of benzene rings is 3. The van der Waals surface area contributed by atoms with E-state index < -0.39 is 5.97 Å². The van der Waals surface area contributed by atoms with Gasteiger partial charge in [0, 0.05) is 5.56 Å². The van der Waals surface area contributed by atoms with Crippen LogP contribution in [-0.4, -0.2) is 48.3 Å². The molecule has 10 heteroatoms. The third-order valence-electron chi connectivity index (χ3n) is 6.57. The number of ether oxygens (including phenoxy) is 4. The first-order chi connectivity index (χ1) is 20.7. The summed E-state index contributed by atoms with van der Waals surface area (Å²) in [6.45, 7) is 12.7. The van der Waals surface area contributed by atoms with Crippen molar-refractivity contribution in [2.24, 2.45) is 5.10 Å². The van der Waals surface area contributed by atoms with Crippen molar-refractivity contribution < 1.29 is 23.7 Å². The molecule has 43 heavy (non-hydrogen) atoms. The number of aryl methyl sites for hydroxylation is 1. The average Bonchev–Trinajstić information content (AvgIpc) is 2.96. The minimum atomic E-state index is -0.465. The van der Waals surface area contributed by atoms with E-state index >= 15 is 0 Å². The van der Waals surface area contributed by atoms with Crippen LogP contribution in [0.25, 0.3) is 22.3 Å². The summed E-state index contributed by atoms with van der Waals surface area (Å²) in [6, 6.07) is 14.9. The molecule has 1 aromatic heterocycles. The van der Waals surface area contributed by atoms with Gasteiger partial charge in [-0.25, -0.2) is 9.78 Å². The van der Waals surface area contributed by atoms with Crippen LogP contribution in [0.15, 0.2) is 58.4 Å². The van der Waals surface area contributed by atoms with Crippen LogP contribution in [0.4, 0.5) is 0 Å². The smallest absolute Gasteiger partial charge is 0.344 e. The van der Waals surface area contributed by atoms with E-state index in [0.29, 0.717) is 50.6 Å². The van der Waals surface area contributed by atoms with Crippen LogP contribution in [0, 0.1) is 10.5 Å². The Hall–Kier alpha value is -3.93. The first kappa shape index (κ1) is 32.0. The maximum atomic E-state index is 13.8. The molecular formula is C33H36IN3O6. The summed E-state index contributed by atoms with van der Waals surface area (Å²) in [5, 5.41) is 5.12. The van der Waals surface area contributed by atoms with Gasteiger partial charge in [-0.05, 0) is 109 Å². The highest BCUT2D eigenvalue weighted by Gasteiger charge is 2.19. The van der Waals surface area contributed by atoms with E-state index in [9.17, 15) is 9.59 Å². The summed E-state index contributed by atoms with van der Waals surface area (Å²) in [5.74, 6) is 1.86. The fraction of sp³-hybridized carbons (Fsp3) is 0.333. The third-order valence-corrected chi connectivity index (χ3v) is 7.37. The molecule has 0 aliphatic heterocycles. The lowest BCUT2D eigenvalue weighted by atomic mass is 9.96. The van der Waals surface area contributed by atoms with Gasteiger partial charge in [0.15, 0.2) is 23.9 Å². The Labute approximate surface area is 265 Å². The number of esters is 1. The van der Waals surface area contributed by atoms with Gasteiger partial charge in [-0.15, -0.1) is 0 Å². The van der Waals surface area contributed by atoms with Gasteiger partial charge in [0.2, 0.25) is 0 Å².